The van der Waals surface area contributed by atoms with Crippen molar-refractivity contribution >= 4 is 11.7 Å². The summed E-state index contributed by atoms with van der Waals surface area (Å²) in [5.74, 6) is 0.339. The number of benzene rings is 1. The summed E-state index contributed by atoms with van der Waals surface area (Å²) in [6.07, 6.45) is 2.99. The van der Waals surface area contributed by atoms with E-state index < -0.39 is 6.10 Å². The lowest BCUT2D eigenvalue weighted by Gasteiger charge is -2.16. The summed E-state index contributed by atoms with van der Waals surface area (Å²) < 4.78 is 5.65. The van der Waals surface area contributed by atoms with Gasteiger partial charge in [-0.1, -0.05) is 38.8 Å². The molecule has 4 heteroatoms. The van der Waals surface area contributed by atoms with Crippen LogP contribution < -0.4 is 10.1 Å². The van der Waals surface area contributed by atoms with E-state index in [1.165, 1.54) is 0 Å². The summed E-state index contributed by atoms with van der Waals surface area (Å²) in [4.78, 5) is 23.8. The van der Waals surface area contributed by atoms with Gasteiger partial charge < -0.3 is 10.1 Å². The van der Waals surface area contributed by atoms with Gasteiger partial charge in [-0.15, -0.1) is 0 Å². The molecule has 0 heterocycles. The Morgan fingerprint density at radius 2 is 1.90 bits per heavy atom. The topological polar surface area (TPSA) is 55.4 Å². The zero-order valence-electron chi connectivity index (χ0n) is 13.1. The van der Waals surface area contributed by atoms with Crippen LogP contribution in [-0.4, -0.2) is 24.3 Å². The van der Waals surface area contributed by atoms with Crippen LogP contribution in [0, 0.1) is 0 Å². The number of hydrogen-bond donors (Lipinski definition) is 1. The second-order valence-corrected chi connectivity index (χ2v) is 5.03. The van der Waals surface area contributed by atoms with Crippen molar-refractivity contribution in [3.05, 3.63) is 29.8 Å². The fourth-order valence-electron chi connectivity index (χ4n) is 1.96. The van der Waals surface area contributed by atoms with Crippen molar-refractivity contribution in [2.45, 2.75) is 52.6 Å². The van der Waals surface area contributed by atoms with Crippen LogP contribution in [-0.2, 0) is 4.79 Å². The molecule has 0 aliphatic heterocycles. The second kappa shape index (κ2) is 9.16. The van der Waals surface area contributed by atoms with Gasteiger partial charge in [-0.05, 0) is 25.5 Å². The van der Waals surface area contributed by atoms with Crippen LogP contribution in [0.3, 0.4) is 0 Å². The first kappa shape index (κ1) is 17.2. The highest BCUT2D eigenvalue weighted by Crippen LogP contribution is 2.20. The van der Waals surface area contributed by atoms with Gasteiger partial charge in [0, 0.05) is 13.0 Å². The number of amides is 1. The van der Waals surface area contributed by atoms with Gasteiger partial charge in [0.1, 0.15) is 5.75 Å². The number of ether oxygens (including phenoxy) is 1. The van der Waals surface area contributed by atoms with Crippen LogP contribution in [0.2, 0.25) is 0 Å². The van der Waals surface area contributed by atoms with Crippen molar-refractivity contribution in [3.8, 4) is 5.75 Å². The molecule has 0 radical (unpaired) electrons. The molecule has 0 aliphatic rings. The summed E-state index contributed by atoms with van der Waals surface area (Å²) in [5.41, 5.74) is 0.533. The molecule has 0 aromatic heterocycles. The minimum Gasteiger partial charge on any atom is -0.480 e. The summed E-state index contributed by atoms with van der Waals surface area (Å²) in [6.45, 7) is 6.29. The molecule has 1 rings (SSSR count). The number of Topliss-reactive ketones (excluding diaryl/α,β-unsaturated/α-hetero) is 1. The number of nitrogens with one attached hydrogen (secondary N) is 1. The Kier molecular flexibility index (Phi) is 7.51. The van der Waals surface area contributed by atoms with Crippen molar-refractivity contribution in [1.82, 2.24) is 5.32 Å². The Morgan fingerprint density at radius 3 is 2.57 bits per heavy atom. The average Bonchev–Trinajstić information content (AvgIpc) is 2.51. The van der Waals surface area contributed by atoms with Gasteiger partial charge in [-0.2, -0.15) is 0 Å². The maximum Gasteiger partial charge on any atom is 0.260 e. The van der Waals surface area contributed by atoms with Gasteiger partial charge in [0.25, 0.3) is 5.91 Å². The smallest absolute Gasteiger partial charge is 0.260 e. The molecule has 0 aliphatic carbocycles. The van der Waals surface area contributed by atoms with Gasteiger partial charge in [-0.25, -0.2) is 0 Å². The van der Waals surface area contributed by atoms with Gasteiger partial charge in [0.15, 0.2) is 11.9 Å². The molecule has 116 valence electrons. The quantitative estimate of drug-likeness (QED) is 0.560. The predicted molar refractivity (Wildman–Crippen MR) is 83.7 cm³/mol. The molecule has 0 bridgehead atoms. The molecule has 1 unspecified atom stereocenters. The number of hydrogen-bond acceptors (Lipinski definition) is 3. The molecule has 1 amide bonds. The molecular formula is C17H25NO3. The van der Waals surface area contributed by atoms with Crippen molar-refractivity contribution in [1.29, 1.82) is 0 Å². The molecular weight excluding hydrogens is 266 g/mol. The fourth-order valence-corrected chi connectivity index (χ4v) is 1.96. The van der Waals surface area contributed by atoms with Crippen molar-refractivity contribution in [2.24, 2.45) is 0 Å². The van der Waals surface area contributed by atoms with E-state index >= 15 is 0 Å². The van der Waals surface area contributed by atoms with Gasteiger partial charge in [0.05, 0.1) is 5.56 Å². The Morgan fingerprint density at radius 1 is 1.19 bits per heavy atom. The van der Waals surface area contributed by atoms with E-state index in [1.807, 2.05) is 6.92 Å². The molecule has 1 aromatic carbocycles. The SMILES string of the molecule is CCCCCNC(=O)C(C)Oc1ccccc1C(=O)CC. The summed E-state index contributed by atoms with van der Waals surface area (Å²) >= 11 is 0. The minimum atomic E-state index is -0.613. The Balaban J connectivity index is 2.60. The third-order valence-corrected chi connectivity index (χ3v) is 3.26. The number of rotatable bonds is 9. The van der Waals surface area contributed by atoms with E-state index in [-0.39, 0.29) is 11.7 Å². The minimum absolute atomic E-state index is 0.0150. The molecule has 4 nitrogen and oxygen atoms in total. The zero-order chi connectivity index (χ0) is 15.7. The van der Waals surface area contributed by atoms with E-state index in [2.05, 4.69) is 12.2 Å². The first-order valence-corrected chi connectivity index (χ1v) is 7.66. The van der Waals surface area contributed by atoms with Crippen LogP contribution in [0.1, 0.15) is 56.8 Å². The van der Waals surface area contributed by atoms with Crippen LogP contribution in [0.5, 0.6) is 5.75 Å². The number of carbonyl (C=O) groups excluding carboxylic acids is 2. The van der Waals surface area contributed by atoms with Crippen molar-refractivity contribution in [2.75, 3.05) is 6.54 Å². The Hall–Kier alpha value is -1.84. The lowest BCUT2D eigenvalue weighted by atomic mass is 10.1. The lowest BCUT2D eigenvalue weighted by molar-refractivity contribution is -0.127. The fraction of sp³-hybridized carbons (Fsp3) is 0.529. The summed E-state index contributed by atoms with van der Waals surface area (Å²) in [7, 11) is 0. The normalized spacial score (nSPS) is 11.8. The molecule has 0 saturated heterocycles. The van der Waals surface area contributed by atoms with Gasteiger partial charge in [0.2, 0.25) is 0 Å². The largest absolute Gasteiger partial charge is 0.480 e. The maximum atomic E-state index is 11.9. The van der Waals surface area contributed by atoms with E-state index in [0.29, 0.717) is 24.3 Å². The highest BCUT2D eigenvalue weighted by atomic mass is 16.5. The van der Waals surface area contributed by atoms with Gasteiger partial charge >= 0.3 is 0 Å². The lowest BCUT2D eigenvalue weighted by Crippen LogP contribution is -2.37. The summed E-state index contributed by atoms with van der Waals surface area (Å²) in [6, 6.07) is 7.05. The number of carbonyl (C=O) groups is 2. The summed E-state index contributed by atoms with van der Waals surface area (Å²) in [5, 5.41) is 2.85. The Labute approximate surface area is 126 Å². The van der Waals surface area contributed by atoms with Crippen LogP contribution in [0.25, 0.3) is 0 Å². The van der Waals surface area contributed by atoms with E-state index in [4.69, 9.17) is 4.74 Å². The van der Waals surface area contributed by atoms with Crippen LogP contribution in [0.15, 0.2) is 24.3 Å². The highest BCUT2D eigenvalue weighted by molar-refractivity contribution is 5.98. The van der Waals surface area contributed by atoms with E-state index in [0.717, 1.165) is 19.3 Å². The molecule has 21 heavy (non-hydrogen) atoms. The van der Waals surface area contributed by atoms with Gasteiger partial charge in [-0.3, -0.25) is 9.59 Å². The molecule has 0 fully saturated rings. The number of unbranched alkanes of at least 4 members (excludes halogenated alkanes) is 2. The molecule has 1 N–H and O–H groups in total. The van der Waals surface area contributed by atoms with Crippen molar-refractivity contribution < 1.29 is 14.3 Å². The maximum absolute atomic E-state index is 11.9. The number of ketones is 1. The number of para-hydroxylation sites is 1. The van der Waals surface area contributed by atoms with Crippen LogP contribution >= 0.6 is 0 Å². The molecule has 0 saturated carbocycles. The van der Waals surface area contributed by atoms with E-state index in [9.17, 15) is 9.59 Å². The molecule has 0 spiro atoms. The first-order valence-electron chi connectivity index (χ1n) is 7.66. The van der Waals surface area contributed by atoms with E-state index in [1.54, 1.807) is 31.2 Å². The highest BCUT2D eigenvalue weighted by Gasteiger charge is 2.17. The zero-order valence-corrected chi connectivity index (χ0v) is 13.1. The average molecular weight is 291 g/mol. The van der Waals surface area contributed by atoms with Crippen molar-refractivity contribution in [3.63, 3.8) is 0 Å². The first-order chi connectivity index (χ1) is 10.1. The monoisotopic (exact) mass is 291 g/mol. The molecule has 1 aromatic rings. The van der Waals surface area contributed by atoms with Crippen LogP contribution in [0.4, 0.5) is 0 Å². The second-order valence-electron chi connectivity index (χ2n) is 5.03. The predicted octanol–water partition coefficient (Wildman–Crippen LogP) is 3.35. The third kappa shape index (κ3) is 5.58. The standard InChI is InChI=1S/C17H25NO3/c1-4-6-9-12-18-17(20)13(3)21-16-11-8-7-10-14(16)15(19)5-2/h7-8,10-11,13H,4-6,9,12H2,1-3H3,(H,18,20). The third-order valence-electron chi connectivity index (χ3n) is 3.26. The molecule has 1 atom stereocenters. The Bertz CT molecular complexity index is 471.